The summed E-state index contributed by atoms with van der Waals surface area (Å²) in [6.45, 7) is 2.13. The molecule has 5 nitrogen and oxygen atoms in total. The third kappa shape index (κ3) is 3.24. The Hall–Kier alpha value is -3.22. The number of carbonyl (C=O) groups excluding carboxylic acids is 1. The molecule has 0 saturated carbocycles. The van der Waals surface area contributed by atoms with E-state index < -0.39 is 11.6 Å². The number of piperidine rings is 1. The topological polar surface area (TPSA) is 50.2 Å². The van der Waals surface area contributed by atoms with Gasteiger partial charge >= 0.3 is 0 Å². The SMILES string of the molecule is Cn1ccc(C2CCN(c3cc(-c4ccc(F)cc4F)cc4c3CNC4=O)CC2)n1. The summed E-state index contributed by atoms with van der Waals surface area (Å²) in [7, 11) is 1.92. The molecule has 1 aromatic heterocycles. The lowest BCUT2D eigenvalue weighted by Gasteiger charge is -2.34. The van der Waals surface area contributed by atoms with E-state index in [2.05, 4.69) is 21.4 Å². The molecule has 0 unspecified atom stereocenters. The molecule has 1 N–H and O–H groups in total. The highest BCUT2D eigenvalue weighted by molar-refractivity contribution is 6.01. The van der Waals surface area contributed by atoms with Gasteiger partial charge in [0.1, 0.15) is 11.6 Å². The van der Waals surface area contributed by atoms with E-state index in [1.165, 1.54) is 12.1 Å². The van der Waals surface area contributed by atoms with Crippen LogP contribution in [0.2, 0.25) is 0 Å². The normalized spacial score (nSPS) is 16.6. The number of amides is 1. The van der Waals surface area contributed by atoms with Gasteiger partial charge in [-0.3, -0.25) is 9.48 Å². The van der Waals surface area contributed by atoms with Gasteiger partial charge in [-0.25, -0.2) is 8.78 Å². The van der Waals surface area contributed by atoms with E-state index in [4.69, 9.17) is 0 Å². The van der Waals surface area contributed by atoms with E-state index >= 15 is 0 Å². The quantitative estimate of drug-likeness (QED) is 0.713. The van der Waals surface area contributed by atoms with Gasteiger partial charge in [-0.2, -0.15) is 5.10 Å². The highest BCUT2D eigenvalue weighted by Crippen LogP contribution is 2.37. The molecule has 0 bridgehead atoms. The van der Waals surface area contributed by atoms with Crippen molar-refractivity contribution in [2.45, 2.75) is 25.3 Å². The van der Waals surface area contributed by atoms with Crippen LogP contribution < -0.4 is 10.2 Å². The molecule has 1 fully saturated rings. The van der Waals surface area contributed by atoms with E-state index in [0.29, 0.717) is 29.2 Å². The lowest BCUT2D eigenvalue weighted by Crippen LogP contribution is -2.33. The van der Waals surface area contributed by atoms with Crippen molar-refractivity contribution in [2.24, 2.45) is 7.05 Å². The van der Waals surface area contributed by atoms with Crippen molar-refractivity contribution < 1.29 is 13.6 Å². The molecule has 2 aliphatic rings. The summed E-state index contributed by atoms with van der Waals surface area (Å²) in [5.41, 5.74) is 4.46. The van der Waals surface area contributed by atoms with Crippen molar-refractivity contribution in [2.75, 3.05) is 18.0 Å². The van der Waals surface area contributed by atoms with E-state index in [0.717, 1.165) is 48.9 Å². The average molecular weight is 408 g/mol. The lowest BCUT2D eigenvalue weighted by molar-refractivity contribution is 0.0966. The van der Waals surface area contributed by atoms with Crippen molar-refractivity contribution in [3.05, 3.63) is 71.1 Å². The Morgan fingerprint density at radius 1 is 1.07 bits per heavy atom. The number of aryl methyl sites for hydroxylation is 1. The van der Waals surface area contributed by atoms with E-state index in [-0.39, 0.29) is 5.91 Å². The second-order valence-corrected chi connectivity index (χ2v) is 8.00. The van der Waals surface area contributed by atoms with Crippen LogP contribution in [0.15, 0.2) is 42.6 Å². The van der Waals surface area contributed by atoms with Crippen molar-refractivity contribution in [1.29, 1.82) is 0 Å². The highest BCUT2D eigenvalue weighted by Gasteiger charge is 2.29. The summed E-state index contributed by atoms with van der Waals surface area (Å²) in [5, 5.41) is 7.41. The Morgan fingerprint density at radius 3 is 2.57 bits per heavy atom. The molecule has 0 aliphatic carbocycles. The second-order valence-electron chi connectivity index (χ2n) is 8.00. The zero-order valence-corrected chi connectivity index (χ0v) is 16.7. The largest absolute Gasteiger partial charge is 0.371 e. The Bertz CT molecular complexity index is 1130. The van der Waals surface area contributed by atoms with Crippen molar-refractivity contribution in [3.63, 3.8) is 0 Å². The summed E-state index contributed by atoms with van der Waals surface area (Å²) >= 11 is 0. The van der Waals surface area contributed by atoms with E-state index in [1.54, 1.807) is 6.07 Å². The lowest BCUT2D eigenvalue weighted by atomic mass is 9.92. The molecule has 0 atom stereocenters. The molecule has 154 valence electrons. The smallest absolute Gasteiger partial charge is 0.251 e. The maximum atomic E-state index is 14.4. The fraction of sp³-hybridized carbons (Fsp3) is 0.304. The predicted octanol–water partition coefficient (Wildman–Crippen LogP) is 3.99. The number of anilines is 1. The van der Waals surface area contributed by atoms with Gasteiger partial charge in [0.05, 0.1) is 5.69 Å². The van der Waals surface area contributed by atoms with Crippen molar-refractivity contribution in [1.82, 2.24) is 15.1 Å². The number of rotatable bonds is 3. The minimum absolute atomic E-state index is 0.154. The molecular weight excluding hydrogens is 386 g/mol. The fourth-order valence-electron chi connectivity index (χ4n) is 4.54. The third-order valence-electron chi connectivity index (χ3n) is 6.13. The van der Waals surface area contributed by atoms with Crippen LogP contribution in [0.4, 0.5) is 14.5 Å². The monoisotopic (exact) mass is 408 g/mol. The maximum absolute atomic E-state index is 14.4. The number of carbonyl (C=O) groups is 1. The van der Waals surface area contributed by atoms with Gasteiger partial charge in [0.2, 0.25) is 0 Å². The van der Waals surface area contributed by atoms with Crippen LogP contribution >= 0.6 is 0 Å². The molecule has 5 rings (SSSR count). The Balaban J connectivity index is 1.48. The van der Waals surface area contributed by atoms with Crippen LogP contribution in [0.1, 0.15) is 40.4 Å². The zero-order valence-electron chi connectivity index (χ0n) is 16.7. The molecule has 2 aliphatic heterocycles. The molecule has 3 aromatic rings. The van der Waals surface area contributed by atoms with E-state index in [1.807, 2.05) is 24.0 Å². The summed E-state index contributed by atoms with van der Waals surface area (Å²) in [6.07, 6.45) is 3.89. The molecule has 2 aromatic carbocycles. The molecule has 7 heteroatoms. The van der Waals surface area contributed by atoms with Gasteiger partial charge in [-0.05, 0) is 48.7 Å². The first-order chi connectivity index (χ1) is 14.5. The molecule has 1 amide bonds. The van der Waals surface area contributed by atoms with Crippen LogP contribution in [0.3, 0.4) is 0 Å². The minimum Gasteiger partial charge on any atom is -0.371 e. The first-order valence-electron chi connectivity index (χ1n) is 10.1. The van der Waals surface area contributed by atoms with Crippen LogP contribution in [0, 0.1) is 11.6 Å². The zero-order chi connectivity index (χ0) is 20.8. The Morgan fingerprint density at radius 2 is 1.87 bits per heavy atom. The van der Waals surface area contributed by atoms with Crippen LogP contribution in [0.25, 0.3) is 11.1 Å². The number of hydrogen-bond donors (Lipinski definition) is 1. The number of nitrogens with one attached hydrogen (secondary N) is 1. The molecule has 0 radical (unpaired) electrons. The minimum atomic E-state index is -0.631. The summed E-state index contributed by atoms with van der Waals surface area (Å²) < 4.78 is 29.6. The van der Waals surface area contributed by atoms with Crippen LogP contribution in [-0.4, -0.2) is 28.8 Å². The van der Waals surface area contributed by atoms with Crippen LogP contribution in [-0.2, 0) is 13.6 Å². The maximum Gasteiger partial charge on any atom is 0.251 e. The van der Waals surface area contributed by atoms with Gasteiger partial charge in [0.25, 0.3) is 5.91 Å². The first kappa shape index (κ1) is 18.8. The summed E-state index contributed by atoms with van der Waals surface area (Å²) in [4.78, 5) is 14.6. The number of benzene rings is 2. The predicted molar refractivity (Wildman–Crippen MR) is 110 cm³/mol. The number of fused-ring (bicyclic) bond motifs is 1. The second kappa shape index (κ2) is 7.23. The standard InChI is InChI=1S/C23H22F2N4O/c1-28-7-6-21(27-28)14-4-8-29(9-5-14)22-11-15(10-18-19(22)13-26-23(18)30)17-3-2-16(24)12-20(17)25/h2-3,6-7,10-12,14H,4-5,8-9,13H2,1H3,(H,26,30). The van der Waals surface area contributed by atoms with Gasteiger partial charge in [-0.15, -0.1) is 0 Å². The van der Waals surface area contributed by atoms with Crippen LogP contribution in [0.5, 0.6) is 0 Å². The molecule has 30 heavy (non-hydrogen) atoms. The number of hydrogen-bond acceptors (Lipinski definition) is 3. The molecular formula is C23H22F2N4O. The number of aromatic nitrogens is 2. The van der Waals surface area contributed by atoms with Crippen molar-refractivity contribution in [3.8, 4) is 11.1 Å². The summed E-state index contributed by atoms with van der Waals surface area (Å²) in [6, 6.07) is 9.24. The Kier molecular flexibility index (Phi) is 4.53. The van der Waals surface area contributed by atoms with Gasteiger partial charge in [-0.1, -0.05) is 0 Å². The van der Waals surface area contributed by atoms with Gasteiger partial charge in [0.15, 0.2) is 0 Å². The fourth-order valence-corrected chi connectivity index (χ4v) is 4.54. The van der Waals surface area contributed by atoms with Gasteiger partial charge in [0, 0.05) is 67.2 Å². The number of halogens is 2. The third-order valence-corrected chi connectivity index (χ3v) is 6.13. The average Bonchev–Trinajstić information content (AvgIpc) is 3.34. The molecule has 1 saturated heterocycles. The first-order valence-corrected chi connectivity index (χ1v) is 10.1. The molecule has 0 spiro atoms. The van der Waals surface area contributed by atoms with E-state index in [9.17, 15) is 13.6 Å². The number of nitrogens with zero attached hydrogens (tertiary/aromatic N) is 3. The Labute approximate surface area is 173 Å². The summed E-state index contributed by atoms with van der Waals surface area (Å²) in [5.74, 6) is -0.993. The van der Waals surface area contributed by atoms with Gasteiger partial charge < -0.3 is 10.2 Å². The molecule has 3 heterocycles. The highest BCUT2D eigenvalue weighted by atomic mass is 19.1. The van der Waals surface area contributed by atoms with Crippen molar-refractivity contribution >= 4 is 11.6 Å².